The zero-order valence-corrected chi connectivity index (χ0v) is 12.3. The molecule has 1 N–H and O–H groups in total. The van der Waals surface area contributed by atoms with Crippen molar-refractivity contribution in [3.05, 3.63) is 41.5 Å². The molecular formula is C17H24O2. The Bertz CT molecular complexity index is 459. The predicted octanol–water partition coefficient (Wildman–Crippen LogP) is 3.66. The highest BCUT2D eigenvalue weighted by molar-refractivity contribution is 5.70. The smallest absolute Gasteiger partial charge is 0.0757 e. The number of allylic oxidation sites excluding steroid dienone is 1. The van der Waals surface area contributed by atoms with Crippen molar-refractivity contribution in [3.8, 4) is 0 Å². The molecule has 2 nitrogen and oxygen atoms in total. The Morgan fingerprint density at radius 3 is 2.42 bits per heavy atom. The first-order chi connectivity index (χ1) is 8.95. The van der Waals surface area contributed by atoms with Crippen LogP contribution >= 0.6 is 0 Å². The Kier molecular flexibility index (Phi) is 4.12. The zero-order valence-electron chi connectivity index (χ0n) is 12.3. The fourth-order valence-corrected chi connectivity index (χ4v) is 2.82. The average Bonchev–Trinajstić information content (AvgIpc) is 2.42. The maximum atomic E-state index is 10.3. The molecule has 1 aromatic carbocycles. The molecule has 0 fully saturated rings. The highest BCUT2D eigenvalue weighted by Crippen LogP contribution is 2.41. The molecule has 0 amide bonds. The molecule has 1 aromatic rings. The first-order valence-corrected chi connectivity index (χ1v) is 6.94. The summed E-state index contributed by atoms with van der Waals surface area (Å²) in [4.78, 5) is 0. The van der Waals surface area contributed by atoms with Gasteiger partial charge in [0, 0.05) is 7.11 Å². The van der Waals surface area contributed by atoms with E-state index in [9.17, 15) is 5.11 Å². The van der Waals surface area contributed by atoms with Crippen LogP contribution < -0.4 is 0 Å². The molecule has 1 aliphatic carbocycles. The zero-order chi connectivity index (χ0) is 14.0. The van der Waals surface area contributed by atoms with E-state index in [1.165, 1.54) is 11.1 Å². The average molecular weight is 260 g/mol. The Labute approximate surface area is 116 Å². The van der Waals surface area contributed by atoms with Crippen LogP contribution in [0.3, 0.4) is 0 Å². The third-order valence-electron chi connectivity index (χ3n) is 4.57. The van der Waals surface area contributed by atoms with Crippen molar-refractivity contribution < 1.29 is 9.84 Å². The number of methoxy groups -OCH3 is 1. The van der Waals surface area contributed by atoms with Crippen LogP contribution in [0.25, 0.3) is 5.57 Å². The van der Waals surface area contributed by atoms with E-state index in [4.69, 9.17) is 4.74 Å². The van der Waals surface area contributed by atoms with Crippen LogP contribution in [0, 0.1) is 5.92 Å². The molecule has 0 unspecified atom stereocenters. The van der Waals surface area contributed by atoms with Crippen molar-refractivity contribution in [2.75, 3.05) is 7.11 Å². The molecule has 2 heteroatoms. The van der Waals surface area contributed by atoms with Gasteiger partial charge in [0.25, 0.3) is 0 Å². The van der Waals surface area contributed by atoms with Crippen molar-refractivity contribution in [1.29, 1.82) is 0 Å². The molecule has 0 bridgehead atoms. The number of rotatable bonds is 3. The van der Waals surface area contributed by atoms with Gasteiger partial charge in [0.2, 0.25) is 0 Å². The lowest BCUT2D eigenvalue weighted by atomic mass is 9.73. The van der Waals surface area contributed by atoms with Crippen LogP contribution in [0.5, 0.6) is 0 Å². The second-order valence-electron chi connectivity index (χ2n) is 5.99. The molecule has 0 saturated heterocycles. The van der Waals surface area contributed by atoms with E-state index in [2.05, 4.69) is 26.0 Å². The topological polar surface area (TPSA) is 29.5 Å². The fourth-order valence-electron chi connectivity index (χ4n) is 2.82. The first kappa shape index (κ1) is 14.3. The number of hydrogen-bond donors (Lipinski definition) is 1. The molecule has 0 spiro atoms. The summed E-state index contributed by atoms with van der Waals surface area (Å²) in [5, 5.41) is 10.3. The summed E-state index contributed by atoms with van der Waals surface area (Å²) >= 11 is 0. The normalized spacial score (nSPS) is 24.7. The molecule has 0 aromatic heterocycles. The van der Waals surface area contributed by atoms with Gasteiger partial charge in [-0.1, -0.05) is 30.3 Å². The van der Waals surface area contributed by atoms with Gasteiger partial charge in [-0.25, -0.2) is 0 Å². The van der Waals surface area contributed by atoms with Crippen LogP contribution in [0.2, 0.25) is 0 Å². The summed E-state index contributed by atoms with van der Waals surface area (Å²) in [5.41, 5.74) is 3.39. The molecule has 2 rings (SSSR count). The second kappa shape index (κ2) is 5.48. The third kappa shape index (κ3) is 2.90. The largest absolute Gasteiger partial charge is 0.389 e. The van der Waals surface area contributed by atoms with Gasteiger partial charge in [-0.05, 0) is 56.2 Å². The Morgan fingerprint density at radius 1 is 1.21 bits per heavy atom. The van der Waals surface area contributed by atoms with Crippen molar-refractivity contribution in [2.24, 2.45) is 5.92 Å². The van der Waals surface area contributed by atoms with E-state index >= 15 is 0 Å². The molecule has 2 atom stereocenters. The van der Waals surface area contributed by atoms with E-state index in [0.29, 0.717) is 5.92 Å². The summed E-state index contributed by atoms with van der Waals surface area (Å²) in [6, 6.07) is 10.4. The summed E-state index contributed by atoms with van der Waals surface area (Å²) in [6.45, 7) is 6.25. The van der Waals surface area contributed by atoms with Gasteiger partial charge in [0.15, 0.2) is 0 Å². The summed E-state index contributed by atoms with van der Waals surface area (Å²) < 4.78 is 5.61. The number of hydrogen-bond acceptors (Lipinski definition) is 2. The van der Waals surface area contributed by atoms with Gasteiger partial charge in [-0.3, -0.25) is 0 Å². The van der Waals surface area contributed by atoms with Crippen molar-refractivity contribution in [2.45, 2.75) is 45.3 Å². The number of ether oxygens (including phenoxy) is 1. The van der Waals surface area contributed by atoms with Crippen LogP contribution in [0.1, 0.15) is 39.2 Å². The standard InChI is InChI=1S/C17H24O2/c1-12-15(13-8-6-5-7-9-13)10-14(11-16(12)18)17(2,3)19-4/h5-9,14,16,18H,10-11H2,1-4H3/t14-,16-/m1/s1. The van der Waals surface area contributed by atoms with Crippen molar-refractivity contribution in [3.63, 3.8) is 0 Å². The molecule has 0 saturated carbocycles. The predicted molar refractivity (Wildman–Crippen MR) is 78.9 cm³/mol. The van der Waals surface area contributed by atoms with Gasteiger partial charge in [0.05, 0.1) is 11.7 Å². The van der Waals surface area contributed by atoms with Crippen LogP contribution in [0.15, 0.2) is 35.9 Å². The lowest BCUT2D eigenvalue weighted by molar-refractivity contribution is -0.0416. The van der Waals surface area contributed by atoms with Gasteiger partial charge in [-0.15, -0.1) is 0 Å². The van der Waals surface area contributed by atoms with Crippen LogP contribution in [0.4, 0.5) is 0 Å². The molecular weight excluding hydrogens is 236 g/mol. The molecule has 104 valence electrons. The van der Waals surface area contributed by atoms with Gasteiger partial charge < -0.3 is 9.84 Å². The minimum Gasteiger partial charge on any atom is -0.389 e. The summed E-state index contributed by atoms with van der Waals surface area (Å²) in [6.07, 6.45) is 1.39. The second-order valence-corrected chi connectivity index (χ2v) is 5.99. The Balaban J connectivity index is 2.34. The van der Waals surface area contributed by atoms with E-state index in [-0.39, 0.29) is 11.7 Å². The minimum atomic E-state index is -0.358. The Hall–Kier alpha value is -1.12. The van der Waals surface area contributed by atoms with E-state index in [1.54, 1.807) is 7.11 Å². The monoisotopic (exact) mass is 260 g/mol. The highest BCUT2D eigenvalue weighted by atomic mass is 16.5. The number of benzene rings is 1. The Morgan fingerprint density at radius 2 is 1.84 bits per heavy atom. The van der Waals surface area contributed by atoms with E-state index < -0.39 is 0 Å². The van der Waals surface area contributed by atoms with Crippen LogP contribution in [-0.2, 0) is 4.74 Å². The maximum absolute atomic E-state index is 10.3. The van der Waals surface area contributed by atoms with E-state index in [1.807, 2.05) is 25.1 Å². The quantitative estimate of drug-likeness (QED) is 0.898. The van der Waals surface area contributed by atoms with Crippen LogP contribution in [-0.4, -0.2) is 23.9 Å². The molecule has 1 aliphatic rings. The summed E-state index contributed by atoms with van der Waals surface area (Å²) in [5.74, 6) is 0.339. The fraction of sp³-hybridized carbons (Fsp3) is 0.529. The van der Waals surface area contributed by atoms with Gasteiger partial charge >= 0.3 is 0 Å². The minimum absolute atomic E-state index is 0.207. The van der Waals surface area contributed by atoms with Gasteiger partial charge in [0.1, 0.15) is 0 Å². The van der Waals surface area contributed by atoms with Crippen molar-refractivity contribution >= 4 is 5.57 Å². The molecule has 0 heterocycles. The highest BCUT2D eigenvalue weighted by Gasteiger charge is 2.36. The van der Waals surface area contributed by atoms with E-state index in [0.717, 1.165) is 18.4 Å². The van der Waals surface area contributed by atoms with Crippen molar-refractivity contribution in [1.82, 2.24) is 0 Å². The molecule has 0 aliphatic heterocycles. The third-order valence-corrected chi connectivity index (χ3v) is 4.57. The van der Waals surface area contributed by atoms with Gasteiger partial charge in [-0.2, -0.15) is 0 Å². The maximum Gasteiger partial charge on any atom is 0.0757 e. The first-order valence-electron chi connectivity index (χ1n) is 6.94. The SMILES string of the molecule is COC(C)(C)[C@@H]1CC(c2ccccc2)=C(C)[C@H](O)C1. The molecule has 0 radical (unpaired) electrons. The summed E-state index contributed by atoms with van der Waals surface area (Å²) in [7, 11) is 1.75. The number of aliphatic hydroxyl groups excluding tert-OH is 1. The molecule has 19 heavy (non-hydrogen) atoms. The lowest BCUT2D eigenvalue weighted by Crippen LogP contribution is -2.38. The lowest BCUT2D eigenvalue weighted by Gasteiger charge is -2.39. The number of aliphatic hydroxyl groups is 1.